The highest BCUT2D eigenvalue weighted by atomic mass is 19.1. The van der Waals surface area contributed by atoms with Gasteiger partial charge >= 0.3 is 6.09 Å². The molecule has 0 unspecified atom stereocenters. The first-order valence-corrected chi connectivity index (χ1v) is 12.6. The Bertz CT molecular complexity index is 1570. The topological polar surface area (TPSA) is 96.0 Å². The average Bonchev–Trinajstić information content (AvgIpc) is 3.59. The van der Waals surface area contributed by atoms with Crippen LogP contribution < -0.4 is 14.4 Å². The van der Waals surface area contributed by atoms with Crippen molar-refractivity contribution in [3.05, 3.63) is 53.4 Å². The lowest BCUT2D eigenvalue weighted by molar-refractivity contribution is 0.0574. The Hall–Kier alpha value is -4.15. The summed E-state index contributed by atoms with van der Waals surface area (Å²) in [5.74, 6) is 1.41. The number of carbonyl (C=O) groups is 1. The van der Waals surface area contributed by atoms with E-state index in [0.717, 1.165) is 12.1 Å². The summed E-state index contributed by atoms with van der Waals surface area (Å²) in [4.78, 5) is 19.9. The van der Waals surface area contributed by atoms with E-state index in [-0.39, 0.29) is 19.1 Å². The molecule has 0 N–H and O–H groups in total. The second-order valence-electron chi connectivity index (χ2n) is 10.6. The molecule has 11 heteroatoms. The van der Waals surface area contributed by atoms with Gasteiger partial charge in [0.1, 0.15) is 29.3 Å². The maximum atomic E-state index is 15.4. The van der Waals surface area contributed by atoms with Crippen LogP contribution in [0.2, 0.25) is 0 Å². The van der Waals surface area contributed by atoms with Crippen LogP contribution in [0, 0.1) is 5.82 Å². The van der Waals surface area contributed by atoms with Gasteiger partial charge in [0, 0.05) is 24.4 Å². The molecular weight excluding hydrogens is 491 g/mol. The van der Waals surface area contributed by atoms with Crippen molar-refractivity contribution in [3.63, 3.8) is 0 Å². The third-order valence-electron chi connectivity index (χ3n) is 6.78. The molecular formula is C27H29FN6O4. The lowest BCUT2D eigenvalue weighted by Gasteiger charge is -2.29. The van der Waals surface area contributed by atoms with E-state index in [1.54, 1.807) is 31.2 Å². The van der Waals surface area contributed by atoms with Crippen LogP contribution in [0.5, 0.6) is 11.5 Å². The number of aromatic nitrogens is 5. The van der Waals surface area contributed by atoms with E-state index in [0.29, 0.717) is 52.1 Å². The first kappa shape index (κ1) is 24.2. The van der Waals surface area contributed by atoms with Crippen molar-refractivity contribution in [2.24, 2.45) is 7.05 Å². The number of pyridine rings is 1. The first-order valence-electron chi connectivity index (χ1n) is 12.6. The summed E-state index contributed by atoms with van der Waals surface area (Å²) < 4.78 is 37.0. The summed E-state index contributed by atoms with van der Waals surface area (Å²) in [5.41, 5.74) is 2.41. The van der Waals surface area contributed by atoms with Crippen molar-refractivity contribution >= 4 is 17.6 Å². The monoisotopic (exact) mass is 520 g/mol. The van der Waals surface area contributed by atoms with Gasteiger partial charge in [0.2, 0.25) is 0 Å². The number of hydrogen-bond donors (Lipinski definition) is 0. The van der Waals surface area contributed by atoms with Crippen molar-refractivity contribution in [1.29, 1.82) is 0 Å². The van der Waals surface area contributed by atoms with E-state index in [2.05, 4.69) is 10.2 Å². The van der Waals surface area contributed by atoms with Crippen molar-refractivity contribution in [2.45, 2.75) is 52.2 Å². The van der Waals surface area contributed by atoms with Crippen LogP contribution in [0.1, 0.15) is 50.4 Å². The number of benzene rings is 1. The number of anilines is 1. The van der Waals surface area contributed by atoms with Gasteiger partial charge in [-0.05, 0) is 45.4 Å². The van der Waals surface area contributed by atoms with Crippen molar-refractivity contribution in [2.75, 3.05) is 18.1 Å². The summed E-state index contributed by atoms with van der Waals surface area (Å²) in [5, 5.41) is 8.51. The van der Waals surface area contributed by atoms with Crippen molar-refractivity contribution in [1.82, 2.24) is 24.1 Å². The summed E-state index contributed by atoms with van der Waals surface area (Å²) in [6.07, 6.45) is 3.61. The zero-order valence-corrected chi connectivity index (χ0v) is 22.0. The molecule has 38 heavy (non-hydrogen) atoms. The molecule has 2 aliphatic heterocycles. The van der Waals surface area contributed by atoms with Crippen molar-refractivity contribution < 1.29 is 23.4 Å². The highest BCUT2D eigenvalue weighted by Crippen LogP contribution is 2.44. The highest BCUT2D eigenvalue weighted by molar-refractivity contribution is 5.91. The molecule has 198 valence electrons. The number of rotatable bonds is 2. The third-order valence-corrected chi connectivity index (χ3v) is 6.78. The van der Waals surface area contributed by atoms with Gasteiger partial charge in [-0.15, -0.1) is 10.2 Å². The third kappa shape index (κ3) is 3.93. The van der Waals surface area contributed by atoms with Gasteiger partial charge in [0.15, 0.2) is 17.2 Å². The predicted molar refractivity (Wildman–Crippen MR) is 137 cm³/mol. The Morgan fingerprint density at radius 3 is 2.68 bits per heavy atom. The predicted octanol–water partition coefficient (Wildman–Crippen LogP) is 4.64. The molecule has 0 saturated heterocycles. The van der Waals surface area contributed by atoms with Crippen LogP contribution in [0.25, 0.3) is 17.0 Å². The maximum Gasteiger partial charge on any atom is 0.416 e. The van der Waals surface area contributed by atoms with Crippen LogP contribution >= 0.6 is 0 Å². The highest BCUT2D eigenvalue weighted by Gasteiger charge is 2.37. The minimum atomic E-state index is -0.783. The molecule has 0 saturated carbocycles. The zero-order valence-electron chi connectivity index (χ0n) is 22.0. The van der Waals surface area contributed by atoms with Crippen LogP contribution in [0.15, 0.2) is 30.7 Å². The average molecular weight is 521 g/mol. The molecule has 4 aromatic rings. The van der Waals surface area contributed by atoms with Crippen molar-refractivity contribution in [3.8, 4) is 22.9 Å². The van der Waals surface area contributed by atoms with Gasteiger partial charge in [0.25, 0.3) is 0 Å². The van der Waals surface area contributed by atoms with Crippen LogP contribution in [0.4, 0.5) is 15.0 Å². The number of hydrogen-bond acceptors (Lipinski definition) is 7. The van der Waals surface area contributed by atoms with Gasteiger partial charge in [0.05, 0.1) is 36.9 Å². The van der Waals surface area contributed by atoms with Gasteiger partial charge in [-0.1, -0.05) is 6.92 Å². The fourth-order valence-corrected chi connectivity index (χ4v) is 5.08. The van der Waals surface area contributed by atoms with E-state index in [9.17, 15) is 4.79 Å². The number of nitrogens with zero attached hydrogens (tertiary/aromatic N) is 6. The van der Waals surface area contributed by atoms with Gasteiger partial charge < -0.3 is 18.8 Å². The van der Waals surface area contributed by atoms with Crippen LogP contribution in [0.3, 0.4) is 0 Å². The lowest BCUT2D eigenvalue weighted by atomic mass is 9.95. The van der Waals surface area contributed by atoms with E-state index < -0.39 is 17.5 Å². The summed E-state index contributed by atoms with van der Waals surface area (Å²) in [7, 11) is 1.92. The normalized spacial score (nSPS) is 16.7. The number of carbonyl (C=O) groups excluding carboxylic acids is 1. The zero-order chi connectivity index (χ0) is 26.8. The Morgan fingerprint density at radius 2 is 1.97 bits per heavy atom. The van der Waals surface area contributed by atoms with Gasteiger partial charge in [-0.25, -0.2) is 14.2 Å². The lowest BCUT2D eigenvalue weighted by Crippen LogP contribution is -2.38. The number of ether oxygens (including phenoxy) is 3. The summed E-state index contributed by atoms with van der Waals surface area (Å²) >= 11 is 0. The Morgan fingerprint density at radius 1 is 1.21 bits per heavy atom. The second kappa shape index (κ2) is 8.71. The Kier molecular flexibility index (Phi) is 5.55. The van der Waals surface area contributed by atoms with E-state index in [1.807, 2.05) is 30.8 Å². The summed E-state index contributed by atoms with van der Waals surface area (Å²) in [6.45, 7) is 7.89. The quantitative estimate of drug-likeness (QED) is 0.380. The van der Waals surface area contributed by atoms with Gasteiger partial charge in [-0.2, -0.15) is 0 Å². The van der Waals surface area contributed by atoms with Gasteiger partial charge in [-0.3, -0.25) is 9.30 Å². The molecule has 0 radical (unpaired) electrons. The first-order chi connectivity index (χ1) is 18.1. The van der Waals surface area contributed by atoms with Crippen LogP contribution in [-0.2, 0) is 24.8 Å². The molecule has 6 rings (SSSR count). The molecule has 2 aliphatic rings. The second-order valence-corrected chi connectivity index (χ2v) is 10.6. The molecule has 0 aliphatic carbocycles. The van der Waals surface area contributed by atoms with E-state index in [4.69, 9.17) is 19.2 Å². The number of halogens is 1. The molecule has 1 aromatic carbocycles. The molecule has 3 aromatic heterocycles. The number of fused-ring (bicyclic) bond motifs is 3. The smallest absolute Gasteiger partial charge is 0.416 e. The fraction of sp³-hybridized carbons (Fsp3) is 0.407. The standard InChI is InChI=1S/C27H29FN6O4/c1-6-16-10-32(5)23(30-16)17-9-21-25(34-14-29-31-24(17)34)33(26(35)38-27(2,3)4)11-18-19(28)7-8-20-22(18)15(12-36-20)13-37-21/h7-10,14-15H,6,11-13H2,1-5H3/t15-/m1/s1. The molecule has 1 amide bonds. The maximum absolute atomic E-state index is 15.4. The fourth-order valence-electron chi connectivity index (χ4n) is 5.08. The number of imidazole rings is 1. The summed E-state index contributed by atoms with van der Waals surface area (Å²) in [6, 6.07) is 4.81. The van der Waals surface area contributed by atoms with E-state index in [1.165, 1.54) is 17.3 Å². The number of aryl methyl sites for hydroxylation is 2. The SMILES string of the molecule is CCc1cn(C)c(-c2cc3c(n4cnnc24)N(C(=O)OC(C)(C)C)Cc2c(F)ccc4c2[C@H](CO4)CO3)n1. The number of amides is 1. The molecule has 0 fully saturated rings. The molecule has 0 bridgehead atoms. The minimum Gasteiger partial charge on any atom is -0.493 e. The molecule has 1 atom stereocenters. The van der Waals surface area contributed by atoms with E-state index >= 15 is 4.39 Å². The molecule has 0 spiro atoms. The van der Waals surface area contributed by atoms with Crippen LogP contribution in [-0.4, -0.2) is 49.1 Å². The molecule has 5 heterocycles. The largest absolute Gasteiger partial charge is 0.493 e. The minimum absolute atomic E-state index is 0.0881. The Labute approximate surface area is 219 Å². The molecule has 10 nitrogen and oxygen atoms in total. The Balaban J connectivity index is 1.60.